The van der Waals surface area contributed by atoms with E-state index in [1.54, 1.807) is 0 Å². The van der Waals surface area contributed by atoms with Gasteiger partial charge >= 0.3 is 0 Å². The molecule has 0 spiro atoms. The maximum atomic E-state index is 9.58. The average Bonchev–Trinajstić information content (AvgIpc) is 2.47. The maximum Gasteiger partial charge on any atom is 0.0588 e. The summed E-state index contributed by atoms with van der Waals surface area (Å²) < 4.78 is 0. The van der Waals surface area contributed by atoms with Crippen LogP contribution in [0.15, 0.2) is 54.6 Å². The number of hydrogen-bond donors (Lipinski definition) is 2. The molecule has 0 amide bonds. The van der Waals surface area contributed by atoms with E-state index in [0.29, 0.717) is 0 Å². The highest BCUT2D eigenvalue weighted by atomic mass is 16.3. The third-order valence-electron chi connectivity index (χ3n) is 3.57. The zero-order chi connectivity index (χ0) is 14.4. The molecule has 2 nitrogen and oxygen atoms in total. The summed E-state index contributed by atoms with van der Waals surface area (Å²) in [6.45, 7) is 4.39. The summed E-state index contributed by atoms with van der Waals surface area (Å²) in [6, 6.07) is 19.1. The van der Waals surface area contributed by atoms with Crippen molar-refractivity contribution in [3.05, 3.63) is 71.3 Å². The normalized spacial score (nSPS) is 13.9. The van der Waals surface area contributed by atoms with Crippen molar-refractivity contribution in [3.63, 3.8) is 0 Å². The van der Waals surface area contributed by atoms with Gasteiger partial charge in [0.15, 0.2) is 0 Å². The fourth-order valence-corrected chi connectivity index (χ4v) is 2.46. The molecule has 2 aromatic rings. The Balaban J connectivity index is 1.99. The van der Waals surface area contributed by atoms with Gasteiger partial charge in [-0.15, -0.1) is 0 Å². The van der Waals surface area contributed by atoms with Crippen LogP contribution in [0.25, 0.3) is 0 Å². The van der Waals surface area contributed by atoms with Gasteiger partial charge in [-0.25, -0.2) is 0 Å². The van der Waals surface area contributed by atoms with Gasteiger partial charge in [-0.1, -0.05) is 60.2 Å². The molecule has 2 heteroatoms. The van der Waals surface area contributed by atoms with E-state index >= 15 is 0 Å². The molecular weight excluding hydrogens is 246 g/mol. The number of aliphatic hydroxyl groups is 1. The van der Waals surface area contributed by atoms with Crippen molar-refractivity contribution < 1.29 is 5.11 Å². The Hall–Kier alpha value is -1.64. The Bertz CT molecular complexity index is 524. The standard InChI is InChI=1S/C18H23NO/c1-14-7-6-10-17(11-14)15(2)19-18(13-20)12-16-8-4-3-5-9-16/h3-11,15,18-20H,12-13H2,1-2H3/t15?,18-/m1/s1. The van der Waals surface area contributed by atoms with Gasteiger partial charge in [0.25, 0.3) is 0 Å². The van der Waals surface area contributed by atoms with E-state index in [2.05, 4.69) is 55.6 Å². The van der Waals surface area contributed by atoms with Crippen LogP contribution in [0, 0.1) is 6.92 Å². The van der Waals surface area contributed by atoms with E-state index < -0.39 is 0 Å². The lowest BCUT2D eigenvalue weighted by Crippen LogP contribution is -2.36. The molecule has 0 saturated heterocycles. The van der Waals surface area contributed by atoms with Crippen LogP contribution in [-0.2, 0) is 6.42 Å². The van der Waals surface area contributed by atoms with E-state index in [9.17, 15) is 5.11 Å². The van der Waals surface area contributed by atoms with Crippen LogP contribution in [0.3, 0.4) is 0 Å². The Morgan fingerprint density at radius 2 is 1.80 bits per heavy atom. The number of aliphatic hydroxyl groups excluding tert-OH is 1. The van der Waals surface area contributed by atoms with Crippen LogP contribution in [0.4, 0.5) is 0 Å². The van der Waals surface area contributed by atoms with Crippen LogP contribution in [0.2, 0.25) is 0 Å². The molecule has 0 aromatic heterocycles. The molecule has 0 fully saturated rings. The first-order chi connectivity index (χ1) is 9.69. The van der Waals surface area contributed by atoms with Gasteiger partial charge in [-0.3, -0.25) is 0 Å². The molecule has 0 aliphatic carbocycles. The Morgan fingerprint density at radius 3 is 2.45 bits per heavy atom. The lowest BCUT2D eigenvalue weighted by atomic mass is 10.0. The predicted molar refractivity (Wildman–Crippen MR) is 83.7 cm³/mol. The second-order valence-corrected chi connectivity index (χ2v) is 5.37. The molecule has 0 bridgehead atoms. The van der Waals surface area contributed by atoms with E-state index in [0.717, 1.165) is 6.42 Å². The van der Waals surface area contributed by atoms with Gasteiger partial charge < -0.3 is 10.4 Å². The highest BCUT2D eigenvalue weighted by Gasteiger charge is 2.13. The molecule has 20 heavy (non-hydrogen) atoms. The minimum Gasteiger partial charge on any atom is -0.395 e. The quantitative estimate of drug-likeness (QED) is 0.843. The first kappa shape index (κ1) is 14.8. The Morgan fingerprint density at radius 1 is 1.05 bits per heavy atom. The zero-order valence-electron chi connectivity index (χ0n) is 12.2. The summed E-state index contributed by atoms with van der Waals surface area (Å²) in [7, 11) is 0. The number of aryl methyl sites for hydroxylation is 1. The molecule has 0 heterocycles. The van der Waals surface area contributed by atoms with Crippen LogP contribution in [0.5, 0.6) is 0 Å². The van der Waals surface area contributed by atoms with Gasteiger partial charge in [0.1, 0.15) is 0 Å². The van der Waals surface area contributed by atoms with E-state index in [4.69, 9.17) is 0 Å². The van der Waals surface area contributed by atoms with Crippen LogP contribution in [-0.4, -0.2) is 17.8 Å². The lowest BCUT2D eigenvalue weighted by Gasteiger charge is -2.22. The van der Waals surface area contributed by atoms with Gasteiger partial charge in [-0.2, -0.15) is 0 Å². The smallest absolute Gasteiger partial charge is 0.0588 e. The summed E-state index contributed by atoms with van der Waals surface area (Å²) in [5, 5.41) is 13.1. The lowest BCUT2D eigenvalue weighted by molar-refractivity contribution is 0.232. The topological polar surface area (TPSA) is 32.3 Å². The third-order valence-corrected chi connectivity index (χ3v) is 3.57. The van der Waals surface area contributed by atoms with Crippen LogP contribution in [0.1, 0.15) is 29.7 Å². The highest BCUT2D eigenvalue weighted by Crippen LogP contribution is 2.15. The summed E-state index contributed by atoms with van der Waals surface area (Å²) in [5.41, 5.74) is 3.77. The second-order valence-electron chi connectivity index (χ2n) is 5.37. The second kappa shape index (κ2) is 7.22. The van der Waals surface area contributed by atoms with Gasteiger partial charge in [0.2, 0.25) is 0 Å². The van der Waals surface area contributed by atoms with E-state index in [-0.39, 0.29) is 18.7 Å². The fourth-order valence-electron chi connectivity index (χ4n) is 2.46. The number of hydrogen-bond acceptors (Lipinski definition) is 2. The monoisotopic (exact) mass is 269 g/mol. The van der Waals surface area contributed by atoms with Gasteiger partial charge in [0, 0.05) is 12.1 Å². The van der Waals surface area contributed by atoms with Crippen LogP contribution < -0.4 is 5.32 Å². The summed E-state index contributed by atoms with van der Waals surface area (Å²) in [5.74, 6) is 0. The molecule has 2 rings (SSSR count). The van der Waals surface area contributed by atoms with Crippen molar-refractivity contribution in [2.24, 2.45) is 0 Å². The van der Waals surface area contributed by atoms with Crippen molar-refractivity contribution in [2.75, 3.05) is 6.61 Å². The molecule has 0 aliphatic heterocycles. The molecule has 2 atom stereocenters. The molecule has 0 saturated carbocycles. The maximum absolute atomic E-state index is 9.58. The Labute approximate surface area is 121 Å². The summed E-state index contributed by atoms with van der Waals surface area (Å²) in [6.07, 6.45) is 0.841. The van der Waals surface area contributed by atoms with Crippen molar-refractivity contribution in [1.82, 2.24) is 5.32 Å². The predicted octanol–water partition coefficient (Wildman–Crippen LogP) is 3.25. The zero-order valence-corrected chi connectivity index (χ0v) is 12.2. The molecule has 2 N–H and O–H groups in total. The minimum absolute atomic E-state index is 0.0768. The fraction of sp³-hybridized carbons (Fsp3) is 0.333. The van der Waals surface area contributed by atoms with Crippen molar-refractivity contribution in [1.29, 1.82) is 0 Å². The SMILES string of the molecule is Cc1cccc(C(C)N[C@@H](CO)Cc2ccccc2)c1. The number of rotatable bonds is 6. The molecule has 2 aromatic carbocycles. The molecule has 0 aliphatic rings. The van der Waals surface area contributed by atoms with Crippen molar-refractivity contribution in [3.8, 4) is 0 Å². The first-order valence-corrected chi connectivity index (χ1v) is 7.16. The minimum atomic E-state index is 0.0768. The molecule has 106 valence electrons. The van der Waals surface area contributed by atoms with Crippen molar-refractivity contribution in [2.45, 2.75) is 32.4 Å². The summed E-state index contributed by atoms with van der Waals surface area (Å²) in [4.78, 5) is 0. The highest BCUT2D eigenvalue weighted by molar-refractivity contribution is 5.25. The number of benzene rings is 2. The third kappa shape index (κ3) is 4.19. The first-order valence-electron chi connectivity index (χ1n) is 7.16. The average molecular weight is 269 g/mol. The van der Waals surface area contributed by atoms with Gasteiger partial charge in [0.05, 0.1) is 6.61 Å². The van der Waals surface area contributed by atoms with E-state index in [1.807, 2.05) is 18.2 Å². The molecular formula is C18H23NO. The number of nitrogens with one attached hydrogen (secondary N) is 1. The molecule has 1 unspecified atom stereocenters. The van der Waals surface area contributed by atoms with Gasteiger partial charge in [-0.05, 0) is 31.4 Å². The van der Waals surface area contributed by atoms with Crippen molar-refractivity contribution >= 4 is 0 Å². The largest absolute Gasteiger partial charge is 0.395 e. The molecule has 0 radical (unpaired) electrons. The summed E-state index contributed by atoms with van der Waals surface area (Å²) >= 11 is 0. The van der Waals surface area contributed by atoms with E-state index in [1.165, 1.54) is 16.7 Å². The van der Waals surface area contributed by atoms with Crippen LogP contribution >= 0.6 is 0 Å². The Kier molecular flexibility index (Phi) is 5.33.